The number of hydrogen-bond acceptors (Lipinski definition) is 6. The molecule has 0 radical (unpaired) electrons. The number of halogens is 1. The van der Waals surface area contributed by atoms with Crippen LogP contribution in [-0.2, 0) is 6.42 Å². The molecule has 0 aliphatic rings. The van der Waals surface area contributed by atoms with Crippen LogP contribution in [0.15, 0.2) is 5.38 Å². The van der Waals surface area contributed by atoms with Gasteiger partial charge in [0.05, 0.1) is 22.4 Å². The molecule has 15 heavy (non-hydrogen) atoms. The Balaban J connectivity index is 1.83. The number of nitrogens with one attached hydrogen (secondary N) is 1. The SMILES string of the molecule is Cc1nc(CCNc2nsnc2Cl)cs1. The van der Waals surface area contributed by atoms with Gasteiger partial charge in [0.1, 0.15) is 0 Å². The highest BCUT2D eigenvalue weighted by molar-refractivity contribution is 7.09. The topological polar surface area (TPSA) is 50.7 Å². The molecular formula is C8H9ClN4S2. The van der Waals surface area contributed by atoms with Gasteiger partial charge in [-0.3, -0.25) is 0 Å². The van der Waals surface area contributed by atoms with Crippen LogP contribution >= 0.6 is 34.7 Å². The molecule has 2 heterocycles. The van der Waals surface area contributed by atoms with E-state index in [4.69, 9.17) is 11.6 Å². The van der Waals surface area contributed by atoms with E-state index in [-0.39, 0.29) is 0 Å². The Morgan fingerprint density at radius 1 is 1.47 bits per heavy atom. The van der Waals surface area contributed by atoms with Crippen molar-refractivity contribution in [1.82, 2.24) is 13.7 Å². The predicted octanol–water partition coefficient (Wildman–Crippen LogP) is 2.61. The number of anilines is 1. The molecule has 2 aromatic heterocycles. The Labute approximate surface area is 101 Å². The largest absolute Gasteiger partial charge is 0.366 e. The quantitative estimate of drug-likeness (QED) is 0.918. The number of aryl methyl sites for hydroxylation is 1. The fraction of sp³-hybridized carbons (Fsp3) is 0.375. The number of hydrogen-bond donors (Lipinski definition) is 1. The van der Waals surface area contributed by atoms with Crippen LogP contribution in [0.2, 0.25) is 5.15 Å². The molecule has 0 aromatic carbocycles. The van der Waals surface area contributed by atoms with Crippen LogP contribution < -0.4 is 5.32 Å². The predicted molar refractivity (Wildman–Crippen MR) is 64.0 cm³/mol. The lowest BCUT2D eigenvalue weighted by Gasteiger charge is -2.00. The Kier molecular flexibility index (Phi) is 3.50. The summed E-state index contributed by atoms with van der Waals surface area (Å²) in [6.45, 7) is 2.77. The Bertz CT molecular complexity index is 439. The van der Waals surface area contributed by atoms with E-state index in [0.29, 0.717) is 11.0 Å². The summed E-state index contributed by atoms with van der Waals surface area (Å²) in [6, 6.07) is 0. The lowest BCUT2D eigenvalue weighted by molar-refractivity contribution is 0.964. The van der Waals surface area contributed by atoms with E-state index in [2.05, 4.69) is 24.4 Å². The van der Waals surface area contributed by atoms with E-state index in [1.807, 2.05) is 6.92 Å². The van der Waals surface area contributed by atoms with Gasteiger partial charge in [0.15, 0.2) is 11.0 Å². The zero-order valence-corrected chi connectivity index (χ0v) is 10.4. The van der Waals surface area contributed by atoms with Gasteiger partial charge < -0.3 is 5.32 Å². The van der Waals surface area contributed by atoms with Gasteiger partial charge >= 0.3 is 0 Å². The summed E-state index contributed by atoms with van der Waals surface area (Å²) in [5, 5.41) is 6.72. The standard InChI is InChI=1S/C8H9ClN4S2/c1-5-11-6(4-14-5)2-3-10-8-7(9)12-15-13-8/h4H,2-3H2,1H3,(H,10,13). The van der Waals surface area contributed by atoms with Gasteiger partial charge in [-0.25, -0.2) is 4.98 Å². The first-order valence-electron chi connectivity index (χ1n) is 4.38. The van der Waals surface area contributed by atoms with E-state index in [1.54, 1.807) is 11.3 Å². The highest BCUT2D eigenvalue weighted by Gasteiger charge is 2.04. The maximum absolute atomic E-state index is 5.79. The average molecular weight is 261 g/mol. The summed E-state index contributed by atoms with van der Waals surface area (Å²) in [5.74, 6) is 0.661. The van der Waals surface area contributed by atoms with Crippen LogP contribution in [0.1, 0.15) is 10.7 Å². The van der Waals surface area contributed by atoms with Crippen molar-refractivity contribution in [3.63, 3.8) is 0 Å². The van der Waals surface area contributed by atoms with Gasteiger partial charge in [-0.2, -0.15) is 8.75 Å². The second kappa shape index (κ2) is 4.87. The summed E-state index contributed by atoms with van der Waals surface area (Å²) < 4.78 is 7.89. The Hall–Kier alpha value is -0.720. The maximum atomic E-state index is 5.79. The molecule has 0 amide bonds. The molecule has 0 bridgehead atoms. The molecule has 0 aliphatic heterocycles. The first kappa shape index (κ1) is 10.8. The second-order valence-corrected chi connectivity index (χ2v) is 4.89. The summed E-state index contributed by atoms with van der Waals surface area (Å²) in [6.07, 6.45) is 0.873. The van der Waals surface area contributed by atoms with E-state index in [1.165, 1.54) is 0 Å². The monoisotopic (exact) mass is 260 g/mol. The molecule has 4 nitrogen and oxygen atoms in total. The normalized spacial score (nSPS) is 10.5. The van der Waals surface area contributed by atoms with Crippen LogP contribution in [0, 0.1) is 6.92 Å². The third kappa shape index (κ3) is 2.87. The lowest BCUT2D eigenvalue weighted by atomic mass is 10.3. The molecule has 7 heteroatoms. The molecule has 0 saturated carbocycles. The first-order chi connectivity index (χ1) is 7.25. The number of rotatable bonds is 4. The fourth-order valence-corrected chi connectivity index (χ4v) is 2.45. The molecule has 2 aromatic rings. The number of nitrogens with zero attached hydrogens (tertiary/aromatic N) is 3. The van der Waals surface area contributed by atoms with Gasteiger partial charge in [-0.05, 0) is 6.92 Å². The minimum atomic E-state index is 0.439. The van der Waals surface area contributed by atoms with Gasteiger partial charge in [0.25, 0.3) is 0 Å². The molecule has 1 N–H and O–H groups in total. The van der Waals surface area contributed by atoms with Crippen molar-refractivity contribution in [2.75, 3.05) is 11.9 Å². The van der Waals surface area contributed by atoms with Crippen LogP contribution in [-0.4, -0.2) is 20.3 Å². The third-order valence-electron chi connectivity index (χ3n) is 1.79. The van der Waals surface area contributed by atoms with Crippen molar-refractivity contribution < 1.29 is 0 Å². The van der Waals surface area contributed by atoms with Crippen molar-refractivity contribution in [3.05, 3.63) is 21.2 Å². The molecule has 0 spiro atoms. The second-order valence-electron chi connectivity index (χ2n) is 2.94. The minimum Gasteiger partial charge on any atom is -0.366 e. The number of aromatic nitrogens is 3. The van der Waals surface area contributed by atoms with Crippen LogP contribution in [0.25, 0.3) is 0 Å². The number of thiazole rings is 1. The van der Waals surface area contributed by atoms with Crippen molar-refractivity contribution in [2.45, 2.75) is 13.3 Å². The van der Waals surface area contributed by atoms with Gasteiger partial charge in [0, 0.05) is 18.3 Å². The van der Waals surface area contributed by atoms with Crippen molar-refractivity contribution in [3.8, 4) is 0 Å². The van der Waals surface area contributed by atoms with Crippen LogP contribution in [0.3, 0.4) is 0 Å². The molecule has 0 fully saturated rings. The molecule has 80 valence electrons. The average Bonchev–Trinajstić information content (AvgIpc) is 2.77. The Morgan fingerprint density at radius 3 is 2.93 bits per heavy atom. The lowest BCUT2D eigenvalue weighted by Crippen LogP contribution is -2.05. The molecule has 0 aliphatic carbocycles. The fourth-order valence-electron chi connectivity index (χ4n) is 1.12. The van der Waals surface area contributed by atoms with E-state index in [0.717, 1.165) is 35.4 Å². The summed E-state index contributed by atoms with van der Waals surface area (Å²) in [7, 11) is 0. The minimum absolute atomic E-state index is 0.439. The summed E-state index contributed by atoms with van der Waals surface area (Å²) in [5.41, 5.74) is 1.10. The molecule has 0 atom stereocenters. The van der Waals surface area contributed by atoms with Crippen LogP contribution in [0.4, 0.5) is 5.82 Å². The third-order valence-corrected chi connectivity index (χ3v) is 3.50. The zero-order chi connectivity index (χ0) is 10.7. The molecular weight excluding hydrogens is 252 g/mol. The molecule has 2 rings (SSSR count). The van der Waals surface area contributed by atoms with E-state index >= 15 is 0 Å². The highest BCUT2D eigenvalue weighted by Crippen LogP contribution is 2.17. The van der Waals surface area contributed by atoms with Gasteiger partial charge in [-0.1, -0.05) is 11.6 Å². The van der Waals surface area contributed by atoms with Crippen molar-refractivity contribution in [1.29, 1.82) is 0 Å². The molecule has 0 unspecified atom stereocenters. The molecule has 0 saturated heterocycles. The highest BCUT2D eigenvalue weighted by atomic mass is 35.5. The van der Waals surface area contributed by atoms with Crippen molar-refractivity contribution >= 4 is 40.5 Å². The van der Waals surface area contributed by atoms with Gasteiger partial charge in [-0.15, -0.1) is 11.3 Å². The van der Waals surface area contributed by atoms with Crippen molar-refractivity contribution in [2.24, 2.45) is 0 Å². The van der Waals surface area contributed by atoms with E-state index < -0.39 is 0 Å². The summed E-state index contributed by atoms with van der Waals surface area (Å²) >= 11 is 8.56. The van der Waals surface area contributed by atoms with E-state index in [9.17, 15) is 0 Å². The van der Waals surface area contributed by atoms with Gasteiger partial charge in [0.2, 0.25) is 0 Å². The zero-order valence-electron chi connectivity index (χ0n) is 8.03. The van der Waals surface area contributed by atoms with Crippen LogP contribution in [0.5, 0.6) is 0 Å². The maximum Gasteiger partial charge on any atom is 0.186 e. The smallest absolute Gasteiger partial charge is 0.186 e. The first-order valence-corrected chi connectivity index (χ1v) is 6.37. The Morgan fingerprint density at radius 2 is 2.33 bits per heavy atom. The summed E-state index contributed by atoms with van der Waals surface area (Å²) in [4.78, 5) is 4.36.